The van der Waals surface area contributed by atoms with E-state index in [0.717, 1.165) is 58.4 Å². The Labute approximate surface area is 259 Å². The van der Waals surface area contributed by atoms with Gasteiger partial charge in [-0.15, -0.1) is 0 Å². The number of nitrogens with one attached hydrogen (secondary N) is 3. The first-order chi connectivity index (χ1) is 21.9. The molecule has 1 aliphatic rings. The lowest BCUT2D eigenvalue weighted by molar-refractivity contribution is -0.118. The molecule has 1 fully saturated rings. The molecule has 7 rings (SSSR count). The standard InChI is InChI=1S/C35H34FN7O2/c1-21(2)35(44)38-25-15-23(19-37-20-25)29-8-9-31-33(40-29)34(42-41-31)32-18-28-27(6-5-7-30(28)39-32)22-14-24(36)17-26(16-22)45-13-12-43-10-3-4-11-43/h5-9,14-21,39H,3-4,10-13H2,1-2H3,(H,38,44)(H,41,42). The van der Waals surface area contributed by atoms with Gasteiger partial charge >= 0.3 is 0 Å². The van der Waals surface area contributed by atoms with Crippen molar-refractivity contribution in [1.29, 1.82) is 0 Å². The van der Waals surface area contributed by atoms with Gasteiger partial charge in [0.15, 0.2) is 0 Å². The summed E-state index contributed by atoms with van der Waals surface area (Å²) >= 11 is 0. The van der Waals surface area contributed by atoms with Crippen molar-refractivity contribution in [1.82, 2.24) is 30.0 Å². The predicted molar refractivity (Wildman–Crippen MR) is 174 cm³/mol. The summed E-state index contributed by atoms with van der Waals surface area (Å²) in [6.45, 7) is 7.25. The highest BCUT2D eigenvalue weighted by Gasteiger charge is 2.17. The third kappa shape index (κ3) is 6.01. The lowest BCUT2D eigenvalue weighted by Crippen LogP contribution is -2.25. The third-order valence-corrected chi connectivity index (χ3v) is 8.21. The van der Waals surface area contributed by atoms with Crippen LogP contribution in [0.4, 0.5) is 10.1 Å². The van der Waals surface area contributed by atoms with E-state index < -0.39 is 0 Å². The van der Waals surface area contributed by atoms with Crippen LogP contribution >= 0.6 is 0 Å². The van der Waals surface area contributed by atoms with Gasteiger partial charge < -0.3 is 15.0 Å². The van der Waals surface area contributed by atoms with Crippen LogP contribution in [0.25, 0.3) is 55.7 Å². The molecule has 1 amide bonds. The normalized spacial score (nSPS) is 13.7. The molecule has 0 radical (unpaired) electrons. The van der Waals surface area contributed by atoms with Crippen LogP contribution in [-0.4, -0.2) is 62.2 Å². The monoisotopic (exact) mass is 603 g/mol. The third-order valence-electron chi connectivity index (χ3n) is 8.21. The highest BCUT2D eigenvalue weighted by molar-refractivity contribution is 6.00. The van der Waals surface area contributed by atoms with E-state index in [1.807, 2.05) is 62.4 Å². The fraction of sp³-hybridized carbons (Fsp3) is 0.257. The summed E-state index contributed by atoms with van der Waals surface area (Å²) in [6, 6.07) is 18.5. The minimum absolute atomic E-state index is 0.0767. The second-order valence-corrected chi connectivity index (χ2v) is 11.8. The summed E-state index contributed by atoms with van der Waals surface area (Å²) in [5.41, 5.74) is 7.53. The molecule has 2 aromatic carbocycles. The molecule has 1 aliphatic heterocycles. The zero-order chi connectivity index (χ0) is 30.9. The van der Waals surface area contributed by atoms with E-state index in [9.17, 15) is 9.18 Å². The van der Waals surface area contributed by atoms with E-state index in [-0.39, 0.29) is 17.6 Å². The van der Waals surface area contributed by atoms with Crippen molar-refractivity contribution in [2.75, 3.05) is 31.6 Å². The number of benzene rings is 2. The maximum Gasteiger partial charge on any atom is 0.226 e. The van der Waals surface area contributed by atoms with E-state index in [2.05, 4.69) is 30.4 Å². The molecule has 3 N–H and O–H groups in total. The Morgan fingerprint density at radius 1 is 1.02 bits per heavy atom. The molecule has 0 spiro atoms. The molecule has 0 unspecified atom stereocenters. The number of amides is 1. The van der Waals surface area contributed by atoms with Crippen molar-refractivity contribution in [2.24, 2.45) is 5.92 Å². The Kier molecular flexibility index (Phi) is 7.72. The number of fused-ring (bicyclic) bond motifs is 2. The minimum atomic E-state index is -0.339. The molecule has 0 saturated carbocycles. The van der Waals surface area contributed by atoms with Gasteiger partial charge in [0.25, 0.3) is 0 Å². The van der Waals surface area contributed by atoms with Gasteiger partial charge in [-0.05, 0) is 79.5 Å². The van der Waals surface area contributed by atoms with Crippen LogP contribution in [0.1, 0.15) is 26.7 Å². The second-order valence-electron chi connectivity index (χ2n) is 11.8. The lowest BCUT2D eigenvalue weighted by atomic mass is 10.0. The summed E-state index contributed by atoms with van der Waals surface area (Å²) in [7, 11) is 0. The Morgan fingerprint density at radius 2 is 1.89 bits per heavy atom. The number of carbonyl (C=O) groups is 1. The van der Waals surface area contributed by atoms with Crippen molar-refractivity contribution in [3.05, 3.63) is 78.9 Å². The SMILES string of the molecule is CC(C)C(=O)Nc1cncc(-c2ccc3[nH]nc(-c4cc5c(-c6cc(F)cc(OCCN7CCCC7)c6)cccc5[nH]4)c3n2)c1. The molecular weight excluding hydrogens is 569 g/mol. The second kappa shape index (κ2) is 12.1. The summed E-state index contributed by atoms with van der Waals surface area (Å²) in [6.07, 6.45) is 5.79. The van der Waals surface area contributed by atoms with Gasteiger partial charge in [0.1, 0.15) is 29.4 Å². The minimum Gasteiger partial charge on any atom is -0.492 e. The molecule has 1 saturated heterocycles. The van der Waals surface area contributed by atoms with Gasteiger partial charge in [-0.1, -0.05) is 26.0 Å². The Morgan fingerprint density at radius 3 is 2.73 bits per heavy atom. The number of aromatic amines is 2. The maximum atomic E-state index is 14.8. The maximum absolute atomic E-state index is 14.8. The van der Waals surface area contributed by atoms with Gasteiger partial charge in [0, 0.05) is 41.2 Å². The molecule has 5 heterocycles. The first-order valence-electron chi connectivity index (χ1n) is 15.3. The average molecular weight is 604 g/mol. The summed E-state index contributed by atoms with van der Waals surface area (Å²) < 4.78 is 20.8. The van der Waals surface area contributed by atoms with Crippen LogP contribution in [0.15, 0.2) is 73.1 Å². The van der Waals surface area contributed by atoms with Crippen molar-refractivity contribution in [2.45, 2.75) is 26.7 Å². The lowest BCUT2D eigenvalue weighted by Gasteiger charge is -2.15. The summed E-state index contributed by atoms with van der Waals surface area (Å²) in [5.74, 6) is -0.0374. The molecule has 228 valence electrons. The van der Waals surface area contributed by atoms with E-state index >= 15 is 0 Å². The van der Waals surface area contributed by atoms with E-state index in [0.29, 0.717) is 34.9 Å². The molecule has 6 aromatic rings. The zero-order valence-corrected chi connectivity index (χ0v) is 25.2. The van der Waals surface area contributed by atoms with Crippen LogP contribution in [0, 0.1) is 11.7 Å². The first kappa shape index (κ1) is 28.7. The number of rotatable bonds is 9. The number of likely N-dealkylation sites (tertiary alicyclic amines) is 1. The Hall–Kier alpha value is -5.09. The van der Waals surface area contributed by atoms with Crippen molar-refractivity contribution < 1.29 is 13.9 Å². The molecule has 0 aliphatic carbocycles. The largest absolute Gasteiger partial charge is 0.492 e. The topological polar surface area (TPSA) is 112 Å². The number of pyridine rings is 2. The molecular formula is C35H34FN7O2. The number of hydrogen-bond acceptors (Lipinski definition) is 6. The highest BCUT2D eigenvalue weighted by Crippen LogP contribution is 2.36. The van der Waals surface area contributed by atoms with Crippen LogP contribution in [0.2, 0.25) is 0 Å². The van der Waals surface area contributed by atoms with Gasteiger partial charge in [-0.25, -0.2) is 9.37 Å². The van der Waals surface area contributed by atoms with E-state index in [1.54, 1.807) is 12.4 Å². The van der Waals surface area contributed by atoms with Crippen LogP contribution in [0.5, 0.6) is 5.75 Å². The molecule has 10 heteroatoms. The number of aromatic nitrogens is 5. The van der Waals surface area contributed by atoms with Crippen molar-refractivity contribution in [3.63, 3.8) is 0 Å². The number of carbonyl (C=O) groups excluding carboxylic acids is 1. The number of ether oxygens (including phenoxy) is 1. The molecule has 0 atom stereocenters. The van der Waals surface area contributed by atoms with Crippen molar-refractivity contribution >= 4 is 33.5 Å². The van der Waals surface area contributed by atoms with Gasteiger partial charge in [-0.3, -0.25) is 19.8 Å². The number of halogens is 1. The van der Waals surface area contributed by atoms with E-state index in [4.69, 9.17) is 9.72 Å². The van der Waals surface area contributed by atoms with Gasteiger partial charge in [0.05, 0.1) is 28.8 Å². The average Bonchev–Trinajstić information content (AvgIpc) is 3.80. The predicted octanol–water partition coefficient (Wildman–Crippen LogP) is 7.04. The van der Waals surface area contributed by atoms with Crippen LogP contribution in [-0.2, 0) is 4.79 Å². The fourth-order valence-corrected chi connectivity index (χ4v) is 5.82. The van der Waals surface area contributed by atoms with E-state index in [1.165, 1.54) is 25.0 Å². The van der Waals surface area contributed by atoms with Crippen molar-refractivity contribution in [3.8, 4) is 39.5 Å². The number of H-pyrrole nitrogens is 2. The smallest absolute Gasteiger partial charge is 0.226 e. The summed E-state index contributed by atoms with van der Waals surface area (Å²) in [5, 5.41) is 11.5. The molecule has 4 aromatic heterocycles. The quantitative estimate of drug-likeness (QED) is 0.163. The summed E-state index contributed by atoms with van der Waals surface area (Å²) in [4.78, 5) is 27.3. The van der Waals surface area contributed by atoms with Gasteiger partial charge in [-0.2, -0.15) is 5.10 Å². The Bertz CT molecular complexity index is 2010. The first-order valence-corrected chi connectivity index (χ1v) is 15.3. The van der Waals surface area contributed by atoms with Crippen LogP contribution < -0.4 is 10.1 Å². The Balaban J connectivity index is 1.20. The molecule has 0 bridgehead atoms. The molecule has 45 heavy (non-hydrogen) atoms. The number of anilines is 1. The highest BCUT2D eigenvalue weighted by atomic mass is 19.1. The molecule has 9 nitrogen and oxygen atoms in total. The zero-order valence-electron chi connectivity index (χ0n) is 25.2. The number of nitrogens with zero attached hydrogens (tertiary/aromatic N) is 4. The van der Waals surface area contributed by atoms with Gasteiger partial charge in [0.2, 0.25) is 5.91 Å². The fourth-order valence-electron chi connectivity index (χ4n) is 5.82. The number of hydrogen-bond donors (Lipinski definition) is 3. The van der Waals surface area contributed by atoms with Crippen LogP contribution in [0.3, 0.4) is 0 Å².